The molecule has 0 amide bonds. The molecule has 0 bridgehead atoms. The van der Waals surface area contributed by atoms with Gasteiger partial charge in [-0.05, 0) is 32.1 Å². The zero-order valence-electron chi connectivity index (χ0n) is 9.19. The largest absolute Gasteiger partial charge is 0.0856 e. The van der Waals surface area contributed by atoms with Crippen molar-refractivity contribution < 1.29 is 0 Å². The van der Waals surface area contributed by atoms with Crippen molar-refractivity contribution in [2.45, 2.75) is 59.8 Å². The van der Waals surface area contributed by atoms with E-state index in [2.05, 4.69) is 33.8 Å². The summed E-state index contributed by atoms with van der Waals surface area (Å²) in [6, 6.07) is 0. The van der Waals surface area contributed by atoms with Crippen molar-refractivity contribution in [2.24, 2.45) is 5.92 Å². The van der Waals surface area contributed by atoms with Crippen LogP contribution in [0, 0.1) is 5.92 Å². The minimum atomic E-state index is 0.876. The summed E-state index contributed by atoms with van der Waals surface area (Å²) in [7, 11) is 0. The molecule has 0 unspecified atom stereocenters. The fraction of sp³-hybridized carbons (Fsp3) is 0.833. The SMILES string of the molecule is CCC(C)=CCCCCC(C)C. The van der Waals surface area contributed by atoms with Gasteiger partial charge in [0, 0.05) is 0 Å². The first-order chi connectivity index (χ1) is 5.66. The summed E-state index contributed by atoms with van der Waals surface area (Å²) < 4.78 is 0. The first-order valence-electron chi connectivity index (χ1n) is 5.32. The quantitative estimate of drug-likeness (QED) is 0.403. The third-order valence-electron chi connectivity index (χ3n) is 2.29. The Morgan fingerprint density at radius 3 is 2.42 bits per heavy atom. The molecule has 0 aliphatic heterocycles. The molecule has 0 aromatic heterocycles. The van der Waals surface area contributed by atoms with Gasteiger partial charge in [-0.3, -0.25) is 0 Å². The van der Waals surface area contributed by atoms with Gasteiger partial charge < -0.3 is 0 Å². The van der Waals surface area contributed by atoms with E-state index in [0.29, 0.717) is 0 Å². The molecule has 0 aliphatic rings. The summed E-state index contributed by atoms with van der Waals surface area (Å²) >= 11 is 0. The Morgan fingerprint density at radius 1 is 1.25 bits per heavy atom. The van der Waals surface area contributed by atoms with Gasteiger partial charge in [-0.1, -0.05) is 45.3 Å². The van der Waals surface area contributed by atoms with Crippen LogP contribution in [-0.2, 0) is 0 Å². The summed E-state index contributed by atoms with van der Waals surface area (Å²) in [5.74, 6) is 0.876. The van der Waals surface area contributed by atoms with E-state index >= 15 is 0 Å². The standard InChI is InChI=1S/C12H24/c1-5-12(4)10-8-6-7-9-11(2)3/h10-11H,5-9H2,1-4H3. The summed E-state index contributed by atoms with van der Waals surface area (Å²) in [6.07, 6.45) is 9.04. The Bertz CT molecular complexity index is 120. The van der Waals surface area contributed by atoms with Gasteiger partial charge >= 0.3 is 0 Å². The summed E-state index contributed by atoms with van der Waals surface area (Å²) in [5.41, 5.74) is 1.54. The van der Waals surface area contributed by atoms with E-state index in [1.807, 2.05) is 0 Å². The number of hydrogen-bond acceptors (Lipinski definition) is 0. The molecule has 72 valence electrons. The van der Waals surface area contributed by atoms with Gasteiger partial charge in [-0.15, -0.1) is 0 Å². The minimum absolute atomic E-state index is 0.876. The molecule has 0 saturated heterocycles. The number of hydrogen-bond donors (Lipinski definition) is 0. The molecule has 0 spiro atoms. The predicted molar refractivity (Wildman–Crippen MR) is 57.4 cm³/mol. The maximum absolute atomic E-state index is 2.39. The Hall–Kier alpha value is -0.260. The summed E-state index contributed by atoms with van der Waals surface area (Å²) in [6.45, 7) is 9.04. The fourth-order valence-corrected chi connectivity index (χ4v) is 1.19. The molecular formula is C12H24. The molecule has 0 saturated carbocycles. The van der Waals surface area contributed by atoms with E-state index < -0.39 is 0 Å². The van der Waals surface area contributed by atoms with Crippen molar-refractivity contribution in [1.29, 1.82) is 0 Å². The third kappa shape index (κ3) is 7.84. The van der Waals surface area contributed by atoms with Crippen LogP contribution in [0.5, 0.6) is 0 Å². The molecule has 0 N–H and O–H groups in total. The number of allylic oxidation sites excluding steroid dienone is 2. The van der Waals surface area contributed by atoms with Crippen LogP contribution in [0.3, 0.4) is 0 Å². The molecule has 0 rings (SSSR count). The molecule has 0 heteroatoms. The lowest BCUT2D eigenvalue weighted by atomic mass is 10.0. The second-order valence-electron chi connectivity index (χ2n) is 4.08. The third-order valence-corrected chi connectivity index (χ3v) is 2.29. The molecule has 0 radical (unpaired) electrons. The van der Waals surface area contributed by atoms with Gasteiger partial charge in [0.2, 0.25) is 0 Å². The highest BCUT2D eigenvalue weighted by Gasteiger charge is 1.92. The van der Waals surface area contributed by atoms with E-state index in [-0.39, 0.29) is 0 Å². The maximum atomic E-state index is 2.39. The van der Waals surface area contributed by atoms with Crippen LogP contribution >= 0.6 is 0 Å². The van der Waals surface area contributed by atoms with E-state index in [1.165, 1.54) is 32.1 Å². The van der Waals surface area contributed by atoms with Gasteiger partial charge in [0.25, 0.3) is 0 Å². The molecule has 0 aromatic rings. The van der Waals surface area contributed by atoms with Crippen molar-refractivity contribution in [3.05, 3.63) is 11.6 Å². The van der Waals surface area contributed by atoms with Gasteiger partial charge in [0.1, 0.15) is 0 Å². The van der Waals surface area contributed by atoms with E-state index in [1.54, 1.807) is 5.57 Å². The van der Waals surface area contributed by atoms with Crippen molar-refractivity contribution in [1.82, 2.24) is 0 Å². The second kappa shape index (κ2) is 7.39. The van der Waals surface area contributed by atoms with Crippen LogP contribution in [0.4, 0.5) is 0 Å². The lowest BCUT2D eigenvalue weighted by molar-refractivity contribution is 0.540. The molecule has 0 nitrogen and oxygen atoms in total. The normalized spacial score (nSPS) is 12.6. The van der Waals surface area contributed by atoms with Gasteiger partial charge in [-0.25, -0.2) is 0 Å². The average molecular weight is 168 g/mol. The second-order valence-corrected chi connectivity index (χ2v) is 4.08. The molecule has 0 aromatic carbocycles. The van der Waals surface area contributed by atoms with E-state index in [4.69, 9.17) is 0 Å². The Kier molecular flexibility index (Phi) is 7.23. The molecule has 12 heavy (non-hydrogen) atoms. The number of rotatable bonds is 6. The Balaban J connectivity index is 3.21. The topological polar surface area (TPSA) is 0 Å². The van der Waals surface area contributed by atoms with Crippen molar-refractivity contribution in [2.75, 3.05) is 0 Å². The Labute approximate surface area is 78.1 Å². The predicted octanol–water partition coefficient (Wildman–Crippen LogP) is 4.56. The van der Waals surface area contributed by atoms with E-state index in [0.717, 1.165) is 5.92 Å². The van der Waals surface area contributed by atoms with Crippen molar-refractivity contribution in [3.63, 3.8) is 0 Å². The van der Waals surface area contributed by atoms with E-state index in [9.17, 15) is 0 Å². The van der Waals surface area contributed by atoms with Crippen molar-refractivity contribution in [3.8, 4) is 0 Å². The zero-order chi connectivity index (χ0) is 9.40. The van der Waals surface area contributed by atoms with Gasteiger partial charge in [-0.2, -0.15) is 0 Å². The Morgan fingerprint density at radius 2 is 1.92 bits per heavy atom. The molecule has 0 heterocycles. The monoisotopic (exact) mass is 168 g/mol. The highest BCUT2D eigenvalue weighted by Crippen LogP contribution is 2.09. The highest BCUT2D eigenvalue weighted by atomic mass is 14.0. The first kappa shape index (κ1) is 11.7. The zero-order valence-corrected chi connectivity index (χ0v) is 9.19. The lowest BCUT2D eigenvalue weighted by Gasteiger charge is -2.02. The molecule has 0 atom stereocenters. The van der Waals surface area contributed by atoms with Crippen LogP contribution < -0.4 is 0 Å². The first-order valence-corrected chi connectivity index (χ1v) is 5.32. The van der Waals surface area contributed by atoms with Gasteiger partial charge in [0.05, 0.1) is 0 Å². The maximum Gasteiger partial charge on any atom is -0.0348 e. The minimum Gasteiger partial charge on any atom is -0.0856 e. The lowest BCUT2D eigenvalue weighted by Crippen LogP contribution is -1.86. The molecule has 0 aliphatic carbocycles. The number of unbranched alkanes of at least 4 members (excludes halogenated alkanes) is 2. The molecule has 0 fully saturated rings. The van der Waals surface area contributed by atoms with Crippen molar-refractivity contribution >= 4 is 0 Å². The van der Waals surface area contributed by atoms with Gasteiger partial charge in [0.15, 0.2) is 0 Å². The van der Waals surface area contributed by atoms with Crippen LogP contribution in [0.25, 0.3) is 0 Å². The van der Waals surface area contributed by atoms with Crippen LogP contribution in [-0.4, -0.2) is 0 Å². The summed E-state index contributed by atoms with van der Waals surface area (Å²) in [4.78, 5) is 0. The smallest absolute Gasteiger partial charge is 0.0348 e. The fourth-order valence-electron chi connectivity index (χ4n) is 1.19. The van der Waals surface area contributed by atoms with Crippen LogP contribution in [0.1, 0.15) is 59.8 Å². The average Bonchev–Trinajstić information content (AvgIpc) is 2.03. The van der Waals surface area contributed by atoms with Crippen LogP contribution in [0.15, 0.2) is 11.6 Å². The molecular weight excluding hydrogens is 144 g/mol. The summed E-state index contributed by atoms with van der Waals surface area (Å²) in [5, 5.41) is 0. The highest BCUT2D eigenvalue weighted by molar-refractivity contribution is 4.96. The van der Waals surface area contributed by atoms with Crippen LogP contribution in [0.2, 0.25) is 0 Å².